The van der Waals surface area contributed by atoms with Crippen molar-refractivity contribution in [2.24, 2.45) is 22.3 Å². The van der Waals surface area contributed by atoms with Gasteiger partial charge >= 0.3 is 0 Å². The van der Waals surface area contributed by atoms with Gasteiger partial charge in [0.25, 0.3) is 0 Å². The highest BCUT2D eigenvalue weighted by Crippen LogP contribution is 2.37. The van der Waals surface area contributed by atoms with Crippen molar-refractivity contribution in [1.82, 2.24) is 10.2 Å². The maximum Gasteiger partial charge on any atom is 0.0987 e. The van der Waals surface area contributed by atoms with E-state index in [1.807, 2.05) is 12.2 Å². The van der Waals surface area contributed by atoms with Crippen molar-refractivity contribution in [1.29, 1.82) is 0 Å². The van der Waals surface area contributed by atoms with Gasteiger partial charge in [0.15, 0.2) is 0 Å². The molecular weight excluding hydrogens is 224 g/mol. The number of hydrogen-bond acceptors (Lipinski definition) is 4. The summed E-state index contributed by atoms with van der Waals surface area (Å²) >= 11 is 0. The van der Waals surface area contributed by atoms with Crippen molar-refractivity contribution in [3.05, 3.63) is 23.7 Å². The van der Waals surface area contributed by atoms with E-state index in [1.54, 1.807) is 0 Å². The number of nitrogens with zero attached hydrogens (tertiary/aromatic N) is 1. The number of nitrogens with two attached hydrogens (primary N) is 2. The van der Waals surface area contributed by atoms with Crippen molar-refractivity contribution in [2.75, 3.05) is 26.2 Å². The molecule has 0 atom stereocenters. The van der Waals surface area contributed by atoms with Crippen LogP contribution in [0.1, 0.15) is 27.2 Å². The standard InChI is InChI=1S/C14H26N4/c1-13(2,3)11(15)4-5-12(16)18-9-14(10-18)6-7-17-8-14/h4-5,17H,6-10,15-16H2,1-3H3/b11-4-,12-5+. The van der Waals surface area contributed by atoms with Gasteiger partial charge in [0.2, 0.25) is 0 Å². The fraction of sp³-hybridized carbons (Fsp3) is 0.714. The van der Waals surface area contributed by atoms with Crippen LogP contribution in [-0.2, 0) is 0 Å². The van der Waals surface area contributed by atoms with Crippen LogP contribution in [0.5, 0.6) is 0 Å². The van der Waals surface area contributed by atoms with E-state index in [0.717, 1.165) is 37.7 Å². The lowest BCUT2D eigenvalue weighted by Gasteiger charge is -2.49. The van der Waals surface area contributed by atoms with E-state index >= 15 is 0 Å². The molecule has 2 aliphatic heterocycles. The second-order valence-corrected chi connectivity index (χ2v) is 6.75. The highest BCUT2D eigenvalue weighted by molar-refractivity contribution is 5.20. The van der Waals surface area contributed by atoms with E-state index in [9.17, 15) is 0 Å². The first-order valence-corrected chi connectivity index (χ1v) is 6.72. The molecule has 2 saturated heterocycles. The smallest absolute Gasteiger partial charge is 0.0987 e. The lowest BCUT2D eigenvalue weighted by molar-refractivity contribution is 0.0465. The molecule has 4 nitrogen and oxygen atoms in total. The highest BCUT2D eigenvalue weighted by atomic mass is 15.3. The predicted octanol–water partition coefficient (Wildman–Crippen LogP) is 0.971. The molecule has 2 fully saturated rings. The van der Waals surface area contributed by atoms with E-state index in [2.05, 4.69) is 31.0 Å². The zero-order chi connectivity index (χ0) is 13.4. The number of hydrogen-bond donors (Lipinski definition) is 3. The maximum atomic E-state index is 6.09. The molecule has 0 aliphatic carbocycles. The summed E-state index contributed by atoms with van der Waals surface area (Å²) < 4.78 is 0. The first kappa shape index (κ1) is 13.3. The maximum absolute atomic E-state index is 6.09. The number of likely N-dealkylation sites (tertiary alicyclic amines) is 1. The van der Waals surface area contributed by atoms with Gasteiger partial charge in [-0.25, -0.2) is 0 Å². The molecule has 0 unspecified atom stereocenters. The van der Waals surface area contributed by atoms with Crippen molar-refractivity contribution >= 4 is 0 Å². The molecule has 0 aromatic carbocycles. The third-order valence-electron chi connectivity index (χ3n) is 4.05. The molecule has 4 heteroatoms. The summed E-state index contributed by atoms with van der Waals surface area (Å²) in [5, 5.41) is 3.43. The summed E-state index contributed by atoms with van der Waals surface area (Å²) in [6, 6.07) is 0. The molecule has 2 aliphatic rings. The van der Waals surface area contributed by atoms with Gasteiger partial charge in [0.05, 0.1) is 5.82 Å². The molecule has 0 radical (unpaired) electrons. The Morgan fingerprint density at radius 2 is 1.89 bits per heavy atom. The lowest BCUT2D eigenvalue weighted by atomic mass is 9.79. The summed E-state index contributed by atoms with van der Waals surface area (Å²) in [6.07, 6.45) is 5.15. The van der Waals surface area contributed by atoms with Gasteiger partial charge in [-0.2, -0.15) is 0 Å². The first-order valence-electron chi connectivity index (χ1n) is 6.72. The Bertz CT molecular complexity index is 362. The summed E-state index contributed by atoms with van der Waals surface area (Å²) in [5.74, 6) is 0.833. The molecule has 0 bridgehead atoms. The Labute approximate surface area is 110 Å². The Hall–Kier alpha value is -1.16. The van der Waals surface area contributed by atoms with Crippen molar-refractivity contribution in [3.63, 3.8) is 0 Å². The number of allylic oxidation sites excluding steroid dienone is 3. The lowest BCUT2D eigenvalue weighted by Crippen LogP contribution is -2.57. The minimum atomic E-state index is 0.00230. The second kappa shape index (κ2) is 4.50. The van der Waals surface area contributed by atoms with Gasteiger partial charge in [-0.05, 0) is 25.1 Å². The quantitative estimate of drug-likeness (QED) is 0.639. The van der Waals surface area contributed by atoms with Gasteiger partial charge < -0.3 is 21.7 Å². The van der Waals surface area contributed by atoms with Gasteiger partial charge in [-0.3, -0.25) is 0 Å². The highest BCUT2D eigenvalue weighted by Gasteiger charge is 2.45. The molecule has 0 aromatic rings. The van der Waals surface area contributed by atoms with Gasteiger partial charge in [-0.1, -0.05) is 20.8 Å². The molecule has 0 aromatic heterocycles. The topological polar surface area (TPSA) is 67.3 Å². The van der Waals surface area contributed by atoms with Gasteiger partial charge in [-0.15, -0.1) is 0 Å². The molecule has 2 rings (SSSR count). The number of rotatable bonds is 2. The zero-order valence-electron chi connectivity index (χ0n) is 11.8. The van der Waals surface area contributed by atoms with Crippen LogP contribution in [0.3, 0.4) is 0 Å². The fourth-order valence-corrected chi connectivity index (χ4v) is 2.54. The summed E-state index contributed by atoms with van der Waals surface area (Å²) in [5.41, 5.74) is 13.4. The molecule has 0 saturated carbocycles. The third-order valence-corrected chi connectivity index (χ3v) is 4.05. The summed E-state index contributed by atoms with van der Waals surface area (Å²) in [7, 11) is 0. The van der Waals surface area contributed by atoms with Crippen LogP contribution in [0.2, 0.25) is 0 Å². The Morgan fingerprint density at radius 1 is 1.22 bits per heavy atom. The molecule has 18 heavy (non-hydrogen) atoms. The average molecular weight is 250 g/mol. The zero-order valence-corrected chi connectivity index (χ0v) is 11.8. The van der Waals surface area contributed by atoms with E-state index in [4.69, 9.17) is 11.5 Å². The molecule has 0 amide bonds. The Kier molecular flexibility index (Phi) is 3.32. The van der Waals surface area contributed by atoms with Crippen LogP contribution in [0.25, 0.3) is 0 Å². The SMILES string of the molecule is CC(C)(C)/C(N)=C/C=C(\N)N1CC2(CCNC2)C1. The monoisotopic (exact) mass is 250 g/mol. The summed E-state index contributed by atoms with van der Waals surface area (Å²) in [4.78, 5) is 2.24. The van der Waals surface area contributed by atoms with Crippen molar-refractivity contribution in [3.8, 4) is 0 Å². The van der Waals surface area contributed by atoms with Crippen LogP contribution in [0, 0.1) is 10.8 Å². The fourth-order valence-electron chi connectivity index (χ4n) is 2.54. The van der Waals surface area contributed by atoms with E-state index in [-0.39, 0.29) is 5.41 Å². The minimum absolute atomic E-state index is 0.00230. The Balaban J connectivity index is 1.91. The average Bonchev–Trinajstić information content (AvgIpc) is 2.70. The number of nitrogens with one attached hydrogen (secondary N) is 1. The second-order valence-electron chi connectivity index (χ2n) is 6.75. The van der Waals surface area contributed by atoms with Crippen molar-refractivity contribution < 1.29 is 0 Å². The minimum Gasteiger partial charge on any atom is -0.402 e. The van der Waals surface area contributed by atoms with E-state index in [0.29, 0.717) is 5.41 Å². The van der Waals surface area contributed by atoms with Crippen LogP contribution in [0.4, 0.5) is 0 Å². The molecular formula is C14H26N4. The van der Waals surface area contributed by atoms with Gasteiger partial charge in [0.1, 0.15) is 0 Å². The van der Waals surface area contributed by atoms with Crippen LogP contribution in [0.15, 0.2) is 23.7 Å². The third kappa shape index (κ3) is 2.64. The molecule has 2 heterocycles. The largest absolute Gasteiger partial charge is 0.402 e. The van der Waals surface area contributed by atoms with Crippen molar-refractivity contribution in [2.45, 2.75) is 27.2 Å². The summed E-state index contributed by atoms with van der Waals surface area (Å²) in [6.45, 7) is 10.7. The first-order chi connectivity index (χ1) is 8.32. The molecule has 1 spiro atoms. The van der Waals surface area contributed by atoms with Crippen LogP contribution < -0.4 is 16.8 Å². The molecule has 5 N–H and O–H groups in total. The van der Waals surface area contributed by atoms with Crippen LogP contribution in [-0.4, -0.2) is 31.1 Å². The van der Waals surface area contributed by atoms with E-state index < -0.39 is 0 Å². The predicted molar refractivity (Wildman–Crippen MR) is 75.5 cm³/mol. The van der Waals surface area contributed by atoms with E-state index in [1.165, 1.54) is 6.42 Å². The van der Waals surface area contributed by atoms with Gasteiger partial charge in [0, 0.05) is 36.2 Å². The normalized spacial score (nSPS) is 24.5. The molecule has 102 valence electrons. The Morgan fingerprint density at radius 3 is 2.39 bits per heavy atom. The van der Waals surface area contributed by atoms with Crippen LogP contribution >= 0.6 is 0 Å².